The van der Waals surface area contributed by atoms with Gasteiger partial charge in [0, 0.05) is 29.6 Å². The van der Waals surface area contributed by atoms with E-state index in [-0.39, 0.29) is 17.4 Å². The number of methoxy groups -OCH3 is 2. The van der Waals surface area contributed by atoms with Crippen molar-refractivity contribution in [3.8, 4) is 11.5 Å². The number of sulfonamides is 1. The largest absolute Gasteiger partial charge is 0.493 e. The molecule has 4 rings (SSSR count). The Balaban J connectivity index is 1.76. The number of aromatic amines is 1. The zero-order chi connectivity index (χ0) is 22.7. The molecule has 32 heavy (non-hydrogen) atoms. The number of H-pyrrole nitrogens is 1. The van der Waals surface area contributed by atoms with Crippen molar-refractivity contribution in [3.05, 3.63) is 89.9 Å². The summed E-state index contributed by atoms with van der Waals surface area (Å²) in [5.41, 5.74) is 2.66. The van der Waals surface area contributed by atoms with Gasteiger partial charge < -0.3 is 14.5 Å². The molecule has 3 aromatic carbocycles. The van der Waals surface area contributed by atoms with Crippen molar-refractivity contribution in [1.82, 2.24) is 9.71 Å². The first-order valence-electron chi connectivity index (χ1n) is 9.96. The lowest BCUT2D eigenvalue weighted by Crippen LogP contribution is -2.29. The molecule has 1 atom stereocenters. The van der Waals surface area contributed by atoms with Gasteiger partial charge in [0.05, 0.1) is 14.2 Å². The Morgan fingerprint density at radius 2 is 1.69 bits per heavy atom. The molecule has 0 aliphatic heterocycles. The number of fused-ring (bicyclic) bond motifs is 1. The molecule has 4 aromatic rings. The van der Waals surface area contributed by atoms with Gasteiger partial charge in [0.15, 0.2) is 11.5 Å². The molecular weight excluding hydrogens is 431 g/mol. The maximum absolute atomic E-state index is 14.1. The van der Waals surface area contributed by atoms with E-state index in [1.165, 1.54) is 18.2 Å². The molecule has 0 amide bonds. The summed E-state index contributed by atoms with van der Waals surface area (Å²) < 4.78 is 53.2. The van der Waals surface area contributed by atoms with Gasteiger partial charge in [-0.2, -0.15) is 0 Å². The molecule has 0 spiro atoms. The van der Waals surface area contributed by atoms with Crippen molar-refractivity contribution >= 4 is 20.9 Å². The first-order valence-corrected chi connectivity index (χ1v) is 11.4. The lowest BCUT2D eigenvalue weighted by molar-refractivity contribution is 0.354. The Labute approximate surface area is 186 Å². The van der Waals surface area contributed by atoms with Crippen LogP contribution in [0.3, 0.4) is 0 Å². The monoisotopic (exact) mass is 454 g/mol. The molecule has 0 radical (unpaired) electrons. The minimum atomic E-state index is -4.06. The lowest BCUT2D eigenvalue weighted by Gasteiger charge is -2.20. The number of nitrogens with one attached hydrogen (secondary N) is 2. The minimum absolute atomic E-state index is 0.0218. The molecule has 0 saturated heterocycles. The maximum atomic E-state index is 14.1. The predicted molar refractivity (Wildman–Crippen MR) is 121 cm³/mol. The van der Waals surface area contributed by atoms with Crippen LogP contribution >= 0.6 is 0 Å². The van der Waals surface area contributed by atoms with Crippen LogP contribution in [0.5, 0.6) is 11.5 Å². The summed E-state index contributed by atoms with van der Waals surface area (Å²) in [7, 11) is -0.960. The number of rotatable bonds is 8. The number of halogens is 1. The minimum Gasteiger partial charge on any atom is -0.493 e. The molecule has 8 heteroatoms. The second kappa shape index (κ2) is 9.02. The number of para-hydroxylation sites is 1. The van der Waals surface area contributed by atoms with E-state index in [4.69, 9.17) is 9.47 Å². The Kier molecular flexibility index (Phi) is 6.16. The van der Waals surface area contributed by atoms with Crippen LogP contribution in [0.1, 0.15) is 17.0 Å². The van der Waals surface area contributed by atoms with Gasteiger partial charge in [0.2, 0.25) is 10.0 Å². The molecule has 1 aromatic heterocycles. The highest BCUT2D eigenvalue weighted by molar-refractivity contribution is 7.89. The van der Waals surface area contributed by atoms with E-state index in [9.17, 15) is 12.8 Å². The molecular formula is C24H23FN2O4S. The first-order chi connectivity index (χ1) is 15.4. The molecule has 1 unspecified atom stereocenters. The third kappa shape index (κ3) is 4.19. The Bertz CT molecular complexity index is 1350. The highest BCUT2D eigenvalue weighted by Crippen LogP contribution is 2.36. The normalized spacial score (nSPS) is 12.6. The van der Waals surface area contributed by atoms with E-state index in [0.717, 1.165) is 28.1 Å². The third-order valence-corrected chi connectivity index (χ3v) is 6.87. The van der Waals surface area contributed by atoms with Crippen LogP contribution < -0.4 is 14.2 Å². The Hall–Kier alpha value is -3.36. The topological polar surface area (TPSA) is 80.4 Å². The van der Waals surface area contributed by atoms with Crippen molar-refractivity contribution in [3.63, 3.8) is 0 Å². The van der Waals surface area contributed by atoms with E-state index in [2.05, 4.69) is 9.71 Å². The number of hydrogen-bond donors (Lipinski definition) is 2. The summed E-state index contributed by atoms with van der Waals surface area (Å²) in [5.74, 6) is -0.0602. The summed E-state index contributed by atoms with van der Waals surface area (Å²) in [5, 5.41) is 0.970. The summed E-state index contributed by atoms with van der Waals surface area (Å²) in [4.78, 5) is 2.85. The SMILES string of the molecule is COc1ccc(C(CNS(=O)(=O)c2ccccc2F)c2c[nH]c3ccccc23)cc1OC. The van der Waals surface area contributed by atoms with Gasteiger partial charge in [-0.3, -0.25) is 0 Å². The van der Waals surface area contributed by atoms with Crippen LogP contribution in [-0.2, 0) is 10.0 Å². The molecule has 6 nitrogen and oxygen atoms in total. The summed E-state index contributed by atoms with van der Waals surface area (Å²) in [6.45, 7) is 0.0218. The van der Waals surface area contributed by atoms with Crippen LogP contribution in [0.2, 0.25) is 0 Å². The van der Waals surface area contributed by atoms with E-state index >= 15 is 0 Å². The molecule has 0 fully saturated rings. The maximum Gasteiger partial charge on any atom is 0.243 e. The fourth-order valence-electron chi connectivity index (χ4n) is 3.79. The quantitative estimate of drug-likeness (QED) is 0.413. The Morgan fingerprint density at radius 1 is 0.969 bits per heavy atom. The molecule has 0 aliphatic carbocycles. The summed E-state index contributed by atoms with van der Waals surface area (Å²) in [6.07, 6.45) is 1.86. The van der Waals surface area contributed by atoms with Gasteiger partial charge in [-0.25, -0.2) is 17.5 Å². The van der Waals surface area contributed by atoms with E-state index in [0.29, 0.717) is 11.5 Å². The third-order valence-electron chi connectivity index (χ3n) is 5.41. The number of ether oxygens (including phenoxy) is 2. The smallest absolute Gasteiger partial charge is 0.243 e. The predicted octanol–water partition coefficient (Wildman–Crippen LogP) is 4.43. The fourth-order valence-corrected chi connectivity index (χ4v) is 4.92. The summed E-state index contributed by atoms with van der Waals surface area (Å²) in [6, 6.07) is 18.6. The molecule has 0 aliphatic rings. The standard InChI is InChI=1S/C24H23FN2O4S/c1-30-22-12-11-16(13-23(22)31-2)18(19-14-26-21-9-5-3-7-17(19)21)15-27-32(28,29)24-10-6-4-8-20(24)25/h3-14,18,26-27H,15H2,1-2H3. The average molecular weight is 455 g/mol. The summed E-state index contributed by atoms with van der Waals surface area (Å²) >= 11 is 0. The number of aromatic nitrogens is 1. The van der Waals surface area contributed by atoms with Crippen LogP contribution in [0.25, 0.3) is 10.9 Å². The van der Waals surface area contributed by atoms with Crippen molar-refractivity contribution in [2.24, 2.45) is 0 Å². The lowest BCUT2D eigenvalue weighted by atomic mass is 9.91. The van der Waals surface area contributed by atoms with Crippen LogP contribution in [0, 0.1) is 5.82 Å². The Morgan fingerprint density at radius 3 is 2.44 bits per heavy atom. The first kappa shape index (κ1) is 21.9. The van der Waals surface area contributed by atoms with Crippen LogP contribution in [-0.4, -0.2) is 34.2 Å². The fraction of sp³-hybridized carbons (Fsp3) is 0.167. The highest BCUT2D eigenvalue weighted by Gasteiger charge is 2.24. The zero-order valence-corrected chi connectivity index (χ0v) is 18.4. The van der Waals surface area contributed by atoms with Crippen molar-refractivity contribution in [1.29, 1.82) is 0 Å². The average Bonchev–Trinajstić information content (AvgIpc) is 3.23. The van der Waals surface area contributed by atoms with Crippen LogP contribution in [0.4, 0.5) is 4.39 Å². The van der Waals surface area contributed by atoms with Gasteiger partial charge in [-0.1, -0.05) is 36.4 Å². The van der Waals surface area contributed by atoms with Crippen LogP contribution in [0.15, 0.2) is 77.8 Å². The van der Waals surface area contributed by atoms with Crippen molar-refractivity contribution in [2.45, 2.75) is 10.8 Å². The highest BCUT2D eigenvalue weighted by atomic mass is 32.2. The zero-order valence-electron chi connectivity index (χ0n) is 17.6. The number of benzene rings is 3. The van der Waals surface area contributed by atoms with Gasteiger partial charge in [-0.05, 0) is 41.5 Å². The van der Waals surface area contributed by atoms with E-state index < -0.39 is 15.8 Å². The van der Waals surface area contributed by atoms with Gasteiger partial charge in [-0.15, -0.1) is 0 Å². The van der Waals surface area contributed by atoms with E-state index in [1.807, 2.05) is 42.6 Å². The second-order valence-corrected chi connectivity index (χ2v) is 8.97. The molecule has 0 saturated carbocycles. The van der Waals surface area contributed by atoms with Gasteiger partial charge >= 0.3 is 0 Å². The van der Waals surface area contributed by atoms with Gasteiger partial charge in [0.1, 0.15) is 10.7 Å². The molecule has 0 bridgehead atoms. The second-order valence-electron chi connectivity index (χ2n) is 7.24. The molecule has 1 heterocycles. The van der Waals surface area contributed by atoms with E-state index in [1.54, 1.807) is 20.3 Å². The van der Waals surface area contributed by atoms with Crippen molar-refractivity contribution < 1.29 is 22.3 Å². The molecule has 166 valence electrons. The van der Waals surface area contributed by atoms with Gasteiger partial charge in [0.25, 0.3) is 0 Å². The molecule has 2 N–H and O–H groups in total. The van der Waals surface area contributed by atoms with Crippen molar-refractivity contribution in [2.75, 3.05) is 20.8 Å². The number of hydrogen-bond acceptors (Lipinski definition) is 4.